The van der Waals surface area contributed by atoms with E-state index < -0.39 is 72.3 Å². The summed E-state index contributed by atoms with van der Waals surface area (Å²) in [7, 11) is 3.38. The van der Waals surface area contributed by atoms with E-state index in [0.29, 0.717) is 59.7 Å². The zero-order valence-corrected chi connectivity index (χ0v) is 49.8. The lowest BCUT2D eigenvalue weighted by atomic mass is 9.88. The fourth-order valence-electron chi connectivity index (χ4n) is 12.5. The molecule has 2 amide bonds. The molecule has 2 atom stereocenters. The lowest BCUT2D eigenvalue weighted by molar-refractivity contribution is -0.139. The average Bonchev–Trinajstić information content (AvgIpc) is 1.76. The summed E-state index contributed by atoms with van der Waals surface area (Å²) in [6, 6.07) is 17.6. The molecule has 1 saturated carbocycles. The van der Waals surface area contributed by atoms with E-state index in [1.54, 1.807) is 61.6 Å². The second-order valence-corrected chi connectivity index (χ2v) is 23.7. The van der Waals surface area contributed by atoms with E-state index in [0.717, 1.165) is 48.4 Å². The minimum absolute atomic E-state index is 0.00240. The number of benzene rings is 3. The Morgan fingerprint density at radius 3 is 1.88 bits per heavy atom. The van der Waals surface area contributed by atoms with Crippen LogP contribution >= 0.6 is 0 Å². The molecule has 1 aliphatic carbocycles. The Labute approximate surface area is 521 Å². The molecule has 8 aromatic rings. The molecular weight excluding hydrogens is 1210 g/mol. The molecule has 4 aliphatic rings. The molecule has 0 bridgehead atoms. The molecule has 8 heterocycles. The molecule has 2 fully saturated rings. The predicted octanol–water partition coefficient (Wildman–Crippen LogP) is 12.4. The molecule has 1 saturated heterocycles. The molecule has 0 radical (unpaired) electrons. The largest absolute Gasteiger partial charge is 0.416 e. The van der Waals surface area contributed by atoms with Gasteiger partial charge >= 0.3 is 18.5 Å². The summed E-state index contributed by atoms with van der Waals surface area (Å²) in [5.41, 5.74) is -2.26. The van der Waals surface area contributed by atoms with Crippen LogP contribution in [-0.4, -0.2) is 91.0 Å². The molecule has 18 nitrogen and oxygen atoms in total. The number of amides is 2. The molecule has 92 heavy (non-hydrogen) atoms. The number of rotatable bonds is 17. The fraction of sp³-hybridized carbons (Fsp3) is 0.354. The van der Waals surface area contributed by atoms with Gasteiger partial charge in [-0.25, -0.2) is 9.97 Å². The van der Waals surface area contributed by atoms with Crippen molar-refractivity contribution >= 4 is 35.1 Å². The molecular formula is C65H58F9N15O3. The lowest BCUT2D eigenvalue weighted by Crippen LogP contribution is -2.42. The van der Waals surface area contributed by atoms with E-state index in [9.17, 15) is 46.3 Å². The number of halogens is 9. The first kappa shape index (κ1) is 62.5. The van der Waals surface area contributed by atoms with Gasteiger partial charge in [0.05, 0.1) is 54.4 Å². The standard InChI is InChI=1S/C65H58F9N15O3/c1-37(9-5-4-7-18-77-54-25-40(45-29-42(63(66,67)68)11-12-43(45)58-83-78-35-85(58)2)27-56(80-54)88-33-50-47(61(88)92)22-39(34-90)24-52(50)65(72,73)74)53-10-6-8-20-87(53)31-38-21-46-49(51(23-38)64(69,70)71)32-89(60(46)91)57-28-41(26-55(81-57)82-62(14-15-62)16-17-75)48-30-76-19-13-44(48)59-84-79-36-86(59)3/h11-13,19,21-30,35-37,53,90H,6-10,14-16,18,20,31-34H2,1-3H3,(H,77,80)(H,81,82)/t37?,53-/m0/s1. The van der Waals surface area contributed by atoms with Gasteiger partial charge in [-0.05, 0) is 150 Å². The number of piperidine rings is 1. The third-order valence-corrected chi connectivity index (χ3v) is 17.3. The van der Waals surface area contributed by atoms with Gasteiger partial charge in [0.25, 0.3) is 11.8 Å². The van der Waals surface area contributed by atoms with Crippen molar-refractivity contribution in [2.24, 2.45) is 20.0 Å². The number of likely N-dealkylation sites (tertiary alicyclic amines) is 1. The van der Waals surface area contributed by atoms with Crippen LogP contribution in [0.5, 0.6) is 0 Å². The highest BCUT2D eigenvalue weighted by Crippen LogP contribution is 2.47. The summed E-state index contributed by atoms with van der Waals surface area (Å²) >= 11 is 0. The Morgan fingerprint density at radius 2 is 1.29 bits per heavy atom. The van der Waals surface area contributed by atoms with Crippen molar-refractivity contribution in [2.45, 2.75) is 115 Å². The number of aromatic nitrogens is 9. The van der Waals surface area contributed by atoms with Gasteiger partial charge in [0.15, 0.2) is 11.6 Å². The quantitative estimate of drug-likeness (QED) is 0.0440. The van der Waals surface area contributed by atoms with Gasteiger partial charge < -0.3 is 24.9 Å². The number of anilines is 4. The summed E-state index contributed by atoms with van der Waals surface area (Å²) < 4.78 is 136. The van der Waals surface area contributed by atoms with Gasteiger partial charge in [0, 0.05) is 86.3 Å². The number of aryl methyl sites for hydroxylation is 2. The number of aliphatic hydroxyl groups is 1. The van der Waals surface area contributed by atoms with Crippen LogP contribution in [0.4, 0.5) is 62.8 Å². The zero-order valence-electron chi connectivity index (χ0n) is 49.8. The number of alkyl halides is 9. The highest BCUT2D eigenvalue weighted by Gasteiger charge is 2.45. The third-order valence-electron chi connectivity index (χ3n) is 17.3. The van der Waals surface area contributed by atoms with Gasteiger partial charge in [-0.2, -0.15) is 44.8 Å². The molecule has 474 valence electrons. The molecule has 1 unspecified atom stereocenters. The molecule has 5 aromatic heterocycles. The molecule has 27 heteroatoms. The number of carbonyl (C=O) groups excluding carboxylic acids is 2. The van der Waals surface area contributed by atoms with Crippen LogP contribution in [0.1, 0.15) is 118 Å². The minimum Gasteiger partial charge on any atom is -0.392 e. The monoisotopic (exact) mass is 1270 g/mol. The Bertz CT molecular complexity index is 4310. The number of aliphatic hydroxyl groups excluding tert-OH is 1. The van der Waals surface area contributed by atoms with E-state index in [1.165, 1.54) is 40.1 Å². The first-order valence-corrected chi connectivity index (χ1v) is 29.6. The van der Waals surface area contributed by atoms with Gasteiger partial charge in [-0.1, -0.05) is 13.3 Å². The first-order chi connectivity index (χ1) is 43.9. The van der Waals surface area contributed by atoms with Gasteiger partial charge in [0.1, 0.15) is 35.9 Å². The number of nitrogens with zero attached hydrogens (tertiary/aromatic N) is 13. The van der Waals surface area contributed by atoms with Crippen LogP contribution in [-0.2, 0) is 58.9 Å². The van der Waals surface area contributed by atoms with Crippen molar-refractivity contribution in [3.63, 3.8) is 0 Å². The van der Waals surface area contributed by atoms with Crippen LogP contribution in [0.3, 0.4) is 0 Å². The van der Waals surface area contributed by atoms with Crippen molar-refractivity contribution in [2.75, 3.05) is 33.5 Å². The van der Waals surface area contributed by atoms with Gasteiger partial charge in [-0.15, -0.1) is 32.2 Å². The smallest absolute Gasteiger partial charge is 0.392 e. The summed E-state index contributed by atoms with van der Waals surface area (Å²) in [6.07, 6.45) is -3.83. The molecule has 3 aromatic carbocycles. The van der Waals surface area contributed by atoms with Crippen molar-refractivity contribution < 1.29 is 54.2 Å². The number of fused-ring (bicyclic) bond motifs is 2. The number of pyridine rings is 3. The van der Waals surface area contributed by atoms with Crippen LogP contribution in [0.25, 0.3) is 45.0 Å². The number of nitriles is 1. The highest BCUT2D eigenvalue weighted by atomic mass is 19.4. The maximum Gasteiger partial charge on any atom is 0.416 e. The Balaban J connectivity index is 0.775. The average molecular weight is 1270 g/mol. The summed E-state index contributed by atoms with van der Waals surface area (Å²) in [5, 5.41) is 42.3. The second kappa shape index (κ2) is 24.5. The van der Waals surface area contributed by atoms with E-state index >= 15 is 13.2 Å². The topological polar surface area (TPSA) is 212 Å². The summed E-state index contributed by atoms with van der Waals surface area (Å²) in [4.78, 5) is 46.9. The predicted molar refractivity (Wildman–Crippen MR) is 321 cm³/mol. The van der Waals surface area contributed by atoms with E-state index in [4.69, 9.17) is 4.98 Å². The number of carbonyl (C=O) groups is 2. The van der Waals surface area contributed by atoms with E-state index in [2.05, 4.69) is 63.8 Å². The molecule has 12 rings (SSSR count). The van der Waals surface area contributed by atoms with Gasteiger partial charge in [-0.3, -0.25) is 29.3 Å². The van der Waals surface area contributed by atoms with Crippen LogP contribution < -0.4 is 20.4 Å². The highest BCUT2D eigenvalue weighted by molar-refractivity contribution is 6.11. The minimum atomic E-state index is -4.90. The molecule has 0 spiro atoms. The van der Waals surface area contributed by atoms with Crippen LogP contribution in [0.2, 0.25) is 0 Å². The molecule has 3 N–H and O–H groups in total. The van der Waals surface area contributed by atoms with Crippen molar-refractivity contribution in [1.29, 1.82) is 5.26 Å². The number of hydrogen-bond acceptors (Lipinski definition) is 14. The fourth-order valence-corrected chi connectivity index (χ4v) is 12.5. The van der Waals surface area contributed by atoms with Crippen molar-refractivity contribution in [3.05, 3.63) is 148 Å². The maximum absolute atomic E-state index is 15.3. The lowest BCUT2D eigenvalue weighted by Gasteiger charge is -2.39. The third kappa shape index (κ3) is 12.6. The second-order valence-electron chi connectivity index (χ2n) is 23.7. The van der Waals surface area contributed by atoms with Gasteiger partial charge in [0.2, 0.25) is 0 Å². The SMILES string of the molecule is CC(CC#CCCNc1cc(-c2cc(C(F)(F)F)ccc2-c2nncn2C)cc(N2Cc3c(cc(CO)cc3C(F)(F)F)C2=O)n1)[C@@H]1CCCCN1Cc1cc2c(c(C(F)(F)F)c1)CN(c1cc(-c3cnccc3-c3nncn3C)cc(NC3(CC#N)CC3)n1)C2=O. The maximum atomic E-state index is 15.3. The van der Waals surface area contributed by atoms with Crippen LogP contribution in [0, 0.1) is 29.1 Å². The molecule has 3 aliphatic heterocycles. The Kier molecular flexibility index (Phi) is 16.6. The normalized spacial score (nSPS) is 16.7. The summed E-state index contributed by atoms with van der Waals surface area (Å²) in [6.45, 7) is 1.04. The Hall–Kier alpha value is -9.73. The number of hydrogen-bond donors (Lipinski definition) is 3. The van der Waals surface area contributed by atoms with Crippen molar-refractivity contribution in [3.8, 4) is 62.9 Å². The van der Waals surface area contributed by atoms with Crippen LogP contribution in [0.15, 0.2) is 97.8 Å². The van der Waals surface area contributed by atoms with Crippen molar-refractivity contribution in [1.82, 2.24) is 49.4 Å². The van der Waals surface area contributed by atoms with E-state index in [-0.39, 0.29) is 106 Å². The zero-order chi connectivity index (χ0) is 65.0. The Morgan fingerprint density at radius 1 is 0.696 bits per heavy atom. The van der Waals surface area contributed by atoms with E-state index in [1.807, 2.05) is 6.92 Å². The first-order valence-electron chi connectivity index (χ1n) is 29.6. The summed E-state index contributed by atoms with van der Waals surface area (Å²) in [5.74, 6) is 5.78. The number of nitrogens with one attached hydrogen (secondary N) is 2.